The molecule has 0 saturated carbocycles. The van der Waals surface area contributed by atoms with Crippen LogP contribution in [-0.2, 0) is 29.1 Å². The average Bonchev–Trinajstić information content (AvgIpc) is 2.65. The second kappa shape index (κ2) is 29.2. The summed E-state index contributed by atoms with van der Waals surface area (Å²) in [5.41, 5.74) is 0. The van der Waals surface area contributed by atoms with Gasteiger partial charge < -0.3 is 10.2 Å². The molecule has 0 unspecified atom stereocenters. The number of unbranched alkanes of at least 4 members (excludes halogenated alkanes) is 10. The third-order valence-electron chi connectivity index (χ3n) is 4.33. The first-order chi connectivity index (χ1) is 13.5. The van der Waals surface area contributed by atoms with Gasteiger partial charge in [0.2, 0.25) is 0 Å². The molecule has 0 aliphatic rings. The van der Waals surface area contributed by atoms with Crippen molar-refractivity contribution in [2.45, 2.75) is 117 Å². The molecule has 0 atom stereocenters. The van der Waals surface area contributed by atoms with Crippen LogP contribution in [0.3, 0.4) is 0 Å². The third kappa shape index (κ3) is 38.3. The summed E-state index contributed by atoms with van der Waals surface area (Å²) in [7, 11) is 0. The van der Waals surface area contributed by atoms with Gasteiger partial charge in [0.25, 0.3) is 0 Å². The van der Waals surface area contributed by atoms with Crippen LogP contribution < -0.4 is 0 Å². The van der Waals surface area contributed by atoms with Gasteiger partial charge in [0.05, 0.1) is 0 Å². The van der Waals surface area contributed by atoms with Crippen LogP contribution in [0, 0.1) is 0 Å². The number of aliphatic carboxylic acids is 2. The van der Waals surface area contributed by atoms with E-state index in [2.05, 4.69) is 38.2 Å². The quantitative estimate of drug-likeness (QED) is 0.126. The van der Waals surface area contributed by atoms with Gasteiger partial charge in [-0.1, -0.05) is 76.7 Å². The van der Waals surface area contributed by atoms with Gasteiger partial charge in [-0.2, -0.15) is 0 Å². The van der Waals surface area contributed by atoms with Crippen LogP contribution in [0.4, 0.5) is 0 Å². The summed E-state index contributed by atoms with van der Waals surface area (Å²) in [6.07, 6.45) is 25.2. The molecule has 29 heavy (non-hydrogen) atoms. The maximum atomic E-state index is 10.2. The van der Waals surface area contributed by atoms with E-state index in [1.165, 1.54) is 51.4 Å². The second-order valence-electron chi connectivity index (χ2n) is 7.16. The van der Waals surface area contributed by atoms with Crippen molar-refractivity contribution >= 4 is 11.9 Å². The van der Waals surface area contributed by atoms with Crippen molar-refractivity contribution in [3.8, 4) is 0 Å². The fourth-order valence-corrected chi connectivity index (χ4v) is 2.71. The standard InChI is InChI=1S/2C12H22O2.Zn/c2*1-2-3-4-5-6-7-8-9-10-11-12(13)14;/h2*3-4H,2,5-11H2,1H3,(H,13,14);. The minimum absolute atomic E-state index is 0. The largest absolute Gasteiger partial charge is 0.481 e. The second-order valence-corrected chi connectivity index (χ2v) is 7.16. The van der Waals surface area contributed by atoms with E-state index in [0.717, 1.165) is 38.5 Å². The van der Waals surface area contributed by atoms with E-state index in [-0.39, 0.29) is 19.5 Å². The minimum atomic E-state index is -0.670. The van der Waals surface area contributed by atoms with Crippen LogP contribution in [-0.4, -0.2) is 22.2 Å². The molecular weight excluding hydrogens is 418 g/mol. The number of hydrogen-bond acceptors (Lipinski definition) is 2. The molecule has 166 valence electrons. The fraction of sp³-hybridized carbons (Fsp3) is 0.750. The van der Waals surface area contributed by atoms with Crippen molar-refractivity contribution in [1.82, 2.24) is 0 Å². The first kappa shape index (κ1) is 32.7. The Kier molecular flexibility index (Phi) is 33.0. The Hall–Kier alpha value is -0.957. The smallest absolute Gasteiger partial charge is 0.303 e. The minimum Gasteiger partial charge on any atom is -0.481 e. The van der Waals surface area contributed by atoms with Crippen LogP contribution in [0.25, 0.3) is 0 Å². The van der Waals surface area contributed by atoms with Crippen molar-refractivity contribution in [1.29, 1.82) is 0 Å². The Morgan fingerprint density at radius 3 is 1.17 bits per heavy atom. The van der Waals surface area contributed by atoms with Gasteiger partial charge in [0.1, 0.15) is 0 Å². The summed E-state index contributed by atoms with van der Waals surface area (Å²) in [6.45, 7) is 4.28. The SMILES string of the molecule is CCC=CCCCCCCCC(=O)O.CCC=CCCCCCCCC(=O)O.[Zn]. The van der Waals surface area contributed by atoms with Gasteiger partial charge in [-0.3, -0.25) is 9.59 Å². The van der Waals surface area contributed by atoms with Crippen LogP contribution in [0.5, 0.6) is 0 Å². The summed E-state index contributed by atoms with van der Waals surface area (Å²) >= 11 is 0. The monoisotopic (exact) mass is 460 g/mol. The van der Waals surface area contributed by atoms with Crippen LogP contribution >= 0.6 is 0 Å². The zero-order chi connectivity index (χ0) is 21.3. The first-order valence-corrected chi connectivity index (χ1v) is 11.3. The Morgan fingerprint density at radius 2 is 0.862 bits per heavy atom. The molecule has 0 radical (unpaired) electrons. The van der Waals surface area contributed by atoms with E-state index >= 15 is 0 Å². The molecule has 0 aliphatic carbocycles. The molecule has 4 nitrogen and oxygen atoms in total. The van der Waals surface area contributed by atoms with Gasteiger partial charge in [0.15, 0.2) is 0 Å². The summed E-state index contributed by atoms with van der Waals surface area (Å²) < 4.78 is 0. The van der Waals surface area contributed by atoms with Crippen molar-refractivity contribution in [3.05, 3.63) is 24.3 Å². The Bertz CT molecular complexity index is 368. The maximum Gasteiger partial charge on any atom is 0.303 e. The third-order valence-corrected chi connectivity index (χ3v) is 4.33. The molecule has 0 fully saturated rings. The summed E-state index contributed by atoms with van der Waals surface area (Å²) in [5, 5.41) is 16.8. The number of hydrogen-bond donors (Lipinski definition) is 2. The number of carboxylic acid groups (broad SMARTS) is 2. The van der Waals surface area contributed by atoms with E-state index in [4.69, 9.17) is 10.2 Å². The van der Waals surface area contributed by atoms with E-state index in [1.807, 2.05) is 0 Å². The normalized spacial score (nSPS) is 10.6. The topological polar surface area (TPSA) is 74.6 Å². The van der Waals surface area contributed by atoms with Gasteiger partial charge in [-0.25, -0.2) is 0 Å². The molecular formula is C24H44O4Zn. The summed E-state index contributed by atoms with van der Waals surface area (Å²) in [4.78, 5) is 20.4. The van der Waals surface area contributed by atoms with Crippen LogP contribution in [0.1, 0.15) is 117 Å². The number of allylic oxidation sites excluding steroid dienone is 4. The molecule has 0 aromatic carbocycles. The van der Waals surface area contributed by atoms with Gasteiger partial charge in [-0.15, -0.1) is 0 Å². The molecule has 0 spiro atoms. The van der Waals surface area contributed by atoms with E-state index < -0.39 is 11.9 Å². The van der Waals surface area contributed by atoms with Crippen LogP contribution in [0.2, 0.25) is 0 Å². The van der Waals surface area contributed by atoms with Crippen LogP contribution in [0.15, 0.2) is 24.3 Å². The van der Waals surface area contributed by atoms with Gasteiger partial charge in [0, 0.05) is 32.3 Å². The first-order valence-electron chi connectivity index (χ1n) is 11.3. The Morgan fingerprint density at radius 1 is 0.552 bits per heavy atom. The molecule has 0 heterocycles. The molecule has 0 aromatic rings. The van der Waals surface area contributed by atoms with E-state index in [0.29, 0.717) is 12.8 Å². The zero-order valence-electron chi connectivity index (χ0n) is 19.0. The molecule has 0 saturated heterocycles. The molecule has 0 amide bonds. The molecule has 2 N–H and O–H groups in total. The van der Waals surface area contributed by atoms with Crippen molar-refractivity contribution in [3.63, 3.8) is 0 Å². The number of rotatable bonds is 18. The number of carbonyl (C=O) groups is 2. The van der Waals surface area contributed by atoms with E-state index in [9.17, 15) is 9.59 Å². The summed E-state index contributed by atoms with van der Waals surface area (Å²) in [6, 6.07) is 0. The van der Waals surface area contributed by atoms with Gasteiger partial charge in [-0.05, 0) is 51.4 Å². The Labute approximate surface area is 192 Å². The predicted octanol–water partition coefficient (Wildman–Crippen LogP) is 7.53. The molecule has 0 rings (SSSR count). The van der Waals surface area contributed by atoms with Crippen molar-refractivity contribution in [2.75, 3.05) is 0 Å². The molecule has 0 aromatic heterocycles. The van der Waals surface area contributed by atoms with Crippen molar-refractivity contribution < 1.29 is 39.3 Å². The number of carboxylic acids is 2. The van der Waals surface area contributed by atoms with E-state index in [1.54, 1.807) is 0 Å². The average molecular weight is 462 g/mol. The maximum absolute atomic E-state index is 10.2. The van der Waals surface area contributed by atoms with Crippen molar-refractivity contribution in [2.24, 2.45) is 0 Å². The molecule has 0 bridgehead atoms. The summed E-state index contributed by atoms with van der Waals surface area (Å²) in [5.74, 6) is -1.34. The fourth-order valence-electron chi connectivity index (χ4n) is 2.71. The Balaban J connectivity index is -0.000000451. The zero-order valence-corrected chi connectivity index (χ0v) is 22.0. The molecule has 0 aliphatic heterocycles. The molecule has 5 heteroatoms. The van der Waals surface area contributed by atoms with Gasteiger partial charge >= 0.3 is 11.9 Å². The predicted molar refractivity (Wildman–Crippen MR) is 119 cm³/mol.